The summed E-state index contributed by atoms with van der Waals surface area (Å²) in [5.41, 5.74) is 2.99. The highest BCUT2D eigenvalue weighted by molar-refractivity contribution is 5.94. The second kappa shape index (κ2) is 9.22. The van der Waals surface area contributed by atoms with Gasteiger partial charge >= 0.3 is 6.03 Å². The molecule has 1 N–H and O–H groups in total. The van der Waals surface area contributed by atoms with E-state index in [-0.39, 0.29) is 12.1 Å². The van der Waals surface area contributed by atoms with E-state index in [2.05, 4.69) is 22.3 Å². The van der Waals surface area contributed by atoms with E-state index in [1.54, 1.807) is 0 Å². The molecule has 0 aliphatic carbocycles. The van der Waals surface area contributed by atoms with Crippen molar-refractivity contribution in [2.75, 3.05) is 44.6 Å². The highest BCUT2D eigenvalue weighted by atomic mass is 16.5. The van der Waals surface area contributed by atoms with E-state index in [4.69, 9.17) is 4.74 Å². The monoisotopic (exact) mass is 379 g/mol. The van der Waals surface area contributed by atoms with Crippen molar-refractivity contribution in [3.8, 4) is 11.1 Å². The van der Waals surface area contributed by atoms with E-state index < -0.39 is 0 Å². The predicted octanol–water partition coefficient (Wildman–Crippen LogP) is 4.07. The molecule has 2 saturated heterocycles. The first-order valence-corrected chi connectivity index (χ1v) is 10.3. The van der Waals surface area contributed by atoms with Crippen molar-refractivity contribution in [3.63, 3.8) is 0 Å². The molecule has 0 aromatic heterocycles. The Morgan fingerprint density at radius 3 is 2.54 bits per heavy atom. The zero-order chi connectivity index (χ0) is 19.2. The van der Waals surface area contributed by atoms with Gasteiger partial charge in [-0.25, -0.2) is 4.79 Å². The smallest absolute Gasteiger partial charge is 0.321 e. The maximum atomic E-state index is 13.0. The Morgan fingerprint density at radius 1 is 0.964 bits per heavy atom. The van der Waals surface area contributed by atoms with Crippen LogP contribution in [-0.4, -0.2) is 61.3 Å². The first-order valence-electron chi connectivity index (χ1n) is 10.3. The normalized spacial score (nSPS) is 20.7. The lowest BCUT2D eigenvalue weighted by Gasteiger charge is -2.27. The quantitative estimate of drug-likeness (QED) is 0.871. The van der Waals surface area contributed by atoms with Gasteiger partial charge in [-0.2, -0.15) is 0 Å². The van der Waals surface area contributed by atoms with Crippen molar-refractivity contribution in [1.29, 1.82) is 0 Å². The molecule has 28 heavy (non-hydrogen) atoms. The van der Waals surface area contributed by atoms with Gasteiger partial charge in [-0.3, -0.25) is 0 Å². The van der Waals surface area contributed by atoms with Crippen LogP contribution in [-0.2, 0) is 4.74 Å². The molecular formula is C23H29N3O2. The number of benzene rings is 2. The minimum atomic E-state index is -0.0414. The molecule has 2 aliphatic heterocycles. The highest BCUT2D eigenvalue weighted by Crippen LogP contribution is 2.28. The van der Waals surface area contributed by atoms with Crippen LogP contribution < -0.4 is 5.32 Å². The summed E-state index contributed by atoms with van der Waals surface area (Å²) in [6.07, 6.45) is 3.51. The molecule has 2 fully saturated rings. The van der Waals surface area contributed by atoms with Crippen LogP contribution in [0.5, 0.6) is 0 Å². The number of nitrogens with one attached hydrogen (secondary N) is 1. The van der Waals surface area contributed by atoms with Crippen LogP contribution in [0.15, 0.2) is 54.6 Å². The van der Waals surface area contributed by atoms with Crippen molar-refractivity contribution in [3.05, 3.63) is 54.6 Å². The largest absolute Gasteiger partial charge is 0.375 e. The lowest BCUT2D eigenvalue weighted by Crippen LogP contribution is -2.43. The fourth-order valence-electron chi connectivity index (χ4n) is 4.10. The molecule has 5 nitrogen and oxygen atoms in total. The van der Waals surface area contributed by atoms with Crippen LogP contribution in [0.2, 0.25) is 0 Å². The van der Waals surface area contributed by atoms with Gasteiger partial charge in [-0.1, -0.05) is 48.5 Å². The molecule has 2 heterocycles. The molecule has 0 radical (unpaired) electrons. The third-order valence-corrected chi connectivity index (χ3v) is 5.55. The second-order valence-electron chi connectivity index (χ2n) is 7.64. The Balaban J connectivity index is 1.44. The lowest BCUT2D eigenvalue weighted by molar-refractivity contribution is 0.0355. The summed E-state index contributed by atoms with van der Waals surface area (Å²) >= 11 is 0. The topological polar surface area (TPSA) is 44.8 Å². The molecular weight excluding hydrogens is 350 g/mol. The first-order chi connectivity index (χ1) is 13.8. The average Bonchev–Trinajstić information content (AvgIpc) is 3.12. The summed E-state index contributed by atoms with van der Waals surface area (Å²) < 4.78 is 6.03. The molecule has 2 aromatic rings. The van der Waals surface area contributed by atoms with Crippen molar-refractivity contribution in [1.82, 2.24) is 9.80 Å². The number of hydrogen-bond acceptors (Lipinski definition) is 3. The summed E-state index contributed by atoms with van der Waals surface area (Å²) in [4.78, 5) is 17.4. The minimum absolute atomic E-state index is 0.0414. The van der Waals surface area contributed by atoms with E-state index in [0.717, 1.165) is 56.0 Å². The summed E-state index contributed by atoms with van der Waals surface area (Å²) in [7, 11) is 0. The van der Waals surface area contributed by atoms with Gasteiger partial charge in [0.15, 0.2) is 0 Å². The van der Waals surface area contributed by atoms with Crippen LogP contribution >= 0.6 is 0 Å². The maximum absolute atomic E-state index is 13.0. The molecule has 2 amide bonds. The molecule has 5 heteroatoms. The number of amides is 2. The Bertz CT molecular complexity index is 774. The summed E-state index contributed by atoms with van der Waals surface area (Å²) in [6, 6.07) is 18.1. The third kappa shape index (κ3) is 4.72. The van der Waals surface area contributed by atoms with E-state index in [9.17, 15) is 4.79 Å². The van der Waals surface area contributed by atoms with Crippen LogP contribution in [0.3, 0.4) is 0 Å². The van der Waals surface area contributed by atoms with Crippen LogP contribution in [0.1, 0.15) is 19.3 Å². The number of carbonyl (C=O) groups excluding carboxylic acids is 1. The van der Waals surface area contributed by atoms with E-state index in [1.165, 1.54) is 12.8 Å². The number of carbonyl (C=O) groups is 1. The van der Waals surface area contributed by atoms with Crippen molar-refractivity contribution in [2.24, 2.45) is 0 Å². The third-order valence-electron chi connectivity index (χ3n) is 5.55. The molecule has 2 aromatic carbocycles. The van der Waals surface area contributed by atoms with Crippen LogP contribution in [0.25, 0.3) is 11.1 Å². The van der Waals surface area contributed by atoms with Crippen molar-refractivity contribution < 1.29 is 9.53 Å². The number of urea groups is 1. The van der Waals surface area contributed by atoms with E-state index in [1.807, 2.05) is 47.4 Å². The maximum Gasteiger partial charge on any atom is 0.321 e. The van der Waals surface area contributed by atoms with Gasteiger partial charge in [0.1, 0.15) is 0 Å². The van der Waals surface area contributed by atoms with Gasteiger partial charge < -0.3 is 19.9 Å². The summed E-state index contributed by atoms with van der Waals surface area (Å²) in [5, 5.41) is 3.14. The van der Waals surface area contributed by atoms with Gasteiger partial charge in [0, 0.05) is 31.8 Å². The number of rotatable bonds is 4. The second-order valence-corrected chi connectivity index (χ2v) is 7.64. The Labute approximate surface area is 167 Å². The van der Waals surface area contributed by atoms with E-state index in [0.29, 0.717) is 6.54 Å². The fraction of sp³-hybridized carbons (Fsp3) is 0.435. The molecule has 0 spiro atoms. The lowest BCUT2D eigenvalue weighted by atomic mass is 10.0. The Morgan fingerprint density at radius 2 is 1.71 bits per heavy atom. The number of likely N-dealkylation sites (tertiary alicyclic amines) is 1. The van der Waals surface area contributed by atoms with Gasteiger partial charge in [0.25, 0.3) is 0 Å². The van der Waals surface area contributed by atoms with Gasteiger partial charge in [0.05, 0.1) is 11.8 Å². The first kappa shape index (κ1) is 19.0. The van der Waals surface area contributed by atoms with Crippen LogP contribution in [0, 0.1) is 0 Å². The van der Waals surface area contributed by atoms with Crippen molar-refractivity contribution >= 4 is 11.7 Å². The number of nitrogens with zero attached hydrogens (tertiary/aromatic N) is 2. The molecule has 148 valence electrons. The molecule has 0 bridgehead atoms. The molecule has 0 saturated carbocycles. The van der Waals surface area contributed by atoms with Crippen LogP contribution in [0.4, 0.5) is 10.5 Å². The minimum Gasteiger partial charge on any atom is -0.375 e. The van der Waals surface area contributed by atoms with Gasteiger partial charge in [0.2, 0.25) is 0 Å². The summed E-state index contributed by atoms with van der Waals surface area (Å²) in [5.74, 6) is 0. The zero-order valence-electron chi connectivity index (χ0n) is 16.3. The number of para-hydroxylation sites is 1. The molecule has 0 unspecified atom stereocenters. The molecule has 1 atom stereocenters. The fourth-order valence-corrected chi connectivity index (χ4v) is 4.10. The number of hydrogen-bond donors (Lipinski definition) is 1. The predicted molar refractivity (Wildman–Crippen MR) is 113 cm³/mol. The average molecular weight is 380 g/mol. The zero-order valence-corrected chi connectivity index (χ0v) is 16.3. The number of ether oxygens (including phenoxy) is 1. The molecule has 4 rings (SSSR count). The van der Waals surface area contributed by atoms with E-state index >= 15 is 0 Å². The highest BCUT2D eigenvalue weighted by Gasteiger charge is 2.25. The Kier molecular flexibility index (Phi) is 6.24. The number of anilines is 1. The van der Waals surface area contributed by atoms with Gasteiger partial charge in [-0.05, 0) is 44.0 Å². The molecule has 2 aliphatic rings. The standard InChI is InChI=1S/C23H29N3O2/c27-23(24-22-12-5-4-11-21(22)19-9-2-1-3-10-19)26-15-8-16-28-20(18-26)17-25-13-6-7-14-25/h1-5,9-12,20H,6-8,13-18H2,(H,24,27)/t20-/m1/s1. The SMILES string of the molecule is O=C(Nc1ccccc1-c1ccccc1)N1CCCO[C@H](CN2CCCC2)C1. The van der Waals surface area contributed by atoms with Crippen molar-refractivity contribution in [2.45, 2.75) is 25.4 Å². The van der Waals surface area contributed by atoms with Gasteiger partial charge in [-0.15, -0.1) is 0 Å². The Hall–Kier alpha value is -2.37. The summed E-state index contributed by atoms with van der Waals surface area (Å²) in [6.45, 7) is 5.33.